The summed E-state index contributed by atoms with van der Waals surface area (Å²) in [5.74, 6) is 0.761. The fraction of sp³-hybridized carbons (Fsp3) is 0.190. The maximum atomic E-state index is 12.9. The van der Waals surface area contributed by atoms with Crippen LogP contribution in [-0.4, -0.2) is 50.6 Å². The molecule has 0 N–H and O–H groups in total. The first-order valence-electron chi connectivity index (χ1n) is 9.78. The Labute approximate surface area is 179 Å². The molecule has 5 rings (SSSR count). The van der Waals surface area contributed by atoms with E-state index >= 15 is 0 Å². The number of rotatable bonds is 7. The molecule has 158 valence electrons. The van der Waals surface area contributed by atoms with E-state index in [1.807, 2.05) is 36.4 Å². The van der Waals surface area contributed by atoms with E-state index < -0.39 is 10.0 Å². The Morgan fingerprint density at radius 1 is 1.00 bits per heavy atom. The number of sulfonamides is 1. The Hall–Kier alpha value is -3.50. The molecule has 4 aromatic rings. The van der Waals surface area contributed by atoms with Crippen LogP contribution in [0.1, 0.15) is 11.7 Å². The monoisotopic (exact) mass is 436 g/mol. The van der Waals surface area contributed by atoms with E-state index in [0.717, 1.165) is 11.4 Å². The molecule has 0 atom stereocenters. The van der Waals surface area contributed by atoms with Crippen LogP contribution in [0.15, 0.2) is 84.1 Å². The zero-order valence-corrected chi connectivity index (χ0v) is 17.3. The lowest BCUT2D eigenvalue weighted by molar-refractivity contribution is 0.189. The van der Waals surface area contributed by atoms with Gasteiger partial charge < -0.3 is 4.74 Å². The minimum atomic E-state index is -3.55. The molecule has 0 amide bonds. The van der Waals surface area contributed by atoms with Gasteiger partial charge in [-0.3, -0.25) is 0 Å². The van der Waals surface area contributed by atoms with Crippen molar-refractivity contribution in [3.63, 3.8) is 0 Å². The second kappa shape index (κ2) is 7.97. The van der Waals surface area contributed by atoms with Crippen molar-refractivity contribution in [2.45, 2.75) is 17.5 Å². The van der Waals surface area contributed by atoms with Crippen LogP contribution < -0.4 is 4.74 Å². The number of para-hydroxylation sites is 1. The van der Waals surface area contributed by atoms with Gasteiger partial charge in [-0.2, -0.15) is 9.40 Å². The molecule has 9 nitrogen and oxygen atoms in total. The van der Waals surface area contributed by atoms with Crippen molar-refractivity contribution in [3.8, 4) is 11.4 Å². The Kier molecular flexibility index (Phi) is 5.00. The van der Waals surface area contributed by atoms with Gasteiger partial charge in [-0.25, -0.2) is 17.8 Å². The highest BCUT2D eigenvalue weighted by Crippen LogP contribution is 2.28. The fourth-order valence-corrected chi connectivity index (χ4v) is 4.87. The molecule has 31 heavy (non-hydrogen) atoms. The number of hydrogen-bond acceptors (Lipinski definition) is 6. The molecule has 1 saturated heterocycles. The maximum Gasteiger partial charge on any atom is 0.243 e. The topological polar surface area (TPSA) is 95.1 Å². The van der Waals surface area contributed by atoms with Gasteiger partial charge in [0.05, 0.1) is 22.8 Å². The standard InChI is InChI=1S/C21H20N6O3S/c28-31(29,21-9-7-18(8-10-21)26-12-4-11-22-26)25-14-19(15-25)27-13-17(23-24-27)16-30-20-5-2-1-3-6-20/h1-13,19H,14-16H2. The van der Waals surface area contributed by atoms with Crippen molar-refractivity contribution in [2.75, 3.05) is 13.1 Å². The molecular formula is C21H20N6O3S. The summed E-state index contributed by atoms with van der Waals surface area (Å²) in [5, 5.41) is 12.4. The van der Waals surface area contributed by atoms with E-state index in [1.165, 1.54) is 4.31 Å². The highest BCUT2D eigenvalue weighted by Gasteiger charge is 2.38. The van der Waals surface area contributed by atoms with Gasteiger partial charge in [-0.1, -0.05) is 23.4 Å². The Balaban J connectivity index is 1.20. The Morgan fingerprint density at radius 3 is 2.48 bits per heavy atom. The number of nitrogens with zero attached hydrogens (tertiary/aromatic N) is 6. The molecule has 0 unspecified atom stereocenters. The summed E-state index contributed by atoms with van der Waals surface area (Å²) in [6.45, 7) is 1.01. The van der Waals surface area contributed by atoms with E-state index in [0.29, 0.717) is 25.4 Å². The summed E-state index contributed by atoms with van der Waals surface area (Å²) in [6.07, 6.45) is 5.28. The largest absolute Gasteiger partial charge is 0.487 e. The van der Waals surface area contributed by atoms with Gasteiger partial charge in [0.2, 0.25) is 10.0 Å². The van der Waals surface area contributed by atoms with Crippen molar-refractivity contribution in [1.82, 2.24) is 29.1 Å². The van der Waals surface area contributed by atoms with Crippen molar-refractivity contribution in [3.05, 3.63) is 84.9 Å². The summed E-state index contributed by atoms with van der Waals surface area (Å²) in [7, 11) is -3.55. The third-order valence-electron chi connectivity index (χ3n) is 5.13. The molecule has 0 saturated carbocycles. The van der Waals surface area contributed by atoms with Crippen LogP contribution in [0.2, 0.25) is 0 Å². The maximum absolute atomic E-state index is 12.9. The van der Waals surface area contributed by atoms with Crippen molar-refractivity contribution >= 4 is 10.0 Å². The highest BCUT2D eigenvalue weighted by molar-refractivity contribution is 7.89. The molecule has 0 radical (unpaired) electrons. The van der Waals surface area contributed by atoms with Gasteiger partial charge in [0, 0.05) is 25.5 Å². The van der Waals surface area contributed by atoms with Gasteiger partial charge in [0.15, 0.2) is 0 Å². The summed E-state index contributed by atoms with van der Waals surface area (Å²) in [4.78, 5) is 0.261. The highest BCUT2D eigenvalue weighted by atomic mass is 32.2. The van der Waals surface area contributed by atoms with E-state index in [4.69, 9.17) is 4.74 Å². The van der Waals surface area contributed by atoms with Gasteiger partial charge in [-0.05, 0) is 42.5 Å². The second-order valence-corrected chi connectivity index (χ2v) is 9.15. The van der Waals surface area contributed by atoms with Gasteiger partial charge in [0.25, 0.3) is 0 Å². The molecule has 0 bridgehead atoms. The molecule has 1 aliphatic heterocycles. The molecule has 0 spiro atoms. The summed E-state index contributed by atoms with van der Waals surface area (Å²) in [6, 6.07) is 17.9. The van der Waals surface area contributed by atoms with Gasteiger partial charge in [0.1, 0.15) is 18.1 Å². The van der Waals surface area contributed by atoms with Crippen molar-refractivity contribution in [2.24, 2.45) is 0 Å². The smallest absolute Gasteiger partial charge is 0.243 e. The van der Waals surface area contributed by atoms with Crippen molar-refractivity contribution < 1.29 is 13.2 Å². The third-order valence-corrected chi connectivity index (χ3v) is 6.98. The molecule has 0 aliphatic carbocycles. The predicted octanol–water partition coefficient (Wildman–Crippen LogP) is 2.29. The summed E-state index contributed by atoms with van der Waals surface area (Å²) < 4.78 is 36.3. The first-order chi connectivity index (χ1) is 15.1. The van der Waals surface area contributed by atoms with Crippen LogP contribution in [0.4, 0.5) is 0 Å². The van der Waals surface area contributed by atoms with Gasteiger partial charge >= 0.3 is 0 Å². The Bertz CT molecular complexity index is 1250. The van der Waals surface area contributed by atoms with E-state index in [2.05, 4.69) is 15.4 Å². The lowest BCUT2D eigenvalue weighted by Gasteiger charge is -2.37. The fourth-order valence-electron chi connectivity index (χ4n) is 3.35. The lowest BCUT2D eigenvalue weighted by Crippen LogP contribution is -2.50. The predicted molar refractivity (Wildman–Crippen MR) is 112 cm³/mol. The summed E-state index contributed by atoms with van der Waals surface area (Å²) in [5.41, 5.74) is 1.50. The van der Waals surface area contributed by atoms with E-state index in [1.54, 1.807) is 52.2 Å². The summed E-state index contributed by atoms with van der Waals surface area (Å²) >= 11 is 0. The second-order valence-electron chi connectivity index (χ2n) is 7.21. The zero-order valence-electron chi connectivity index (χ0n) is 16.5. The molecular weight excluding hydrogens is 416 g/mol. The Morgan fingerprint density at radius 2 is 1.77 bits per heavy atom. The van der Waals surface area contributed by atoms with Crippen molar-refractivity contribution in [1.29, 1.82) is 0 Å². The molecule has 10 heteroatoms. The zero-order chi connectivity index (χ0) is 21.3. The third kappa shape index (κ3) is 3.94. The molecule has 2 aromatic carbocycles. The number of hydrogen-bond donors (Lipinski definition) is 0. The molecule has 1 fully saturated rings. The van der Waals surface area contributed by atoms with E-state index in [9.17, 15) is 8.42 Å². The molecule has 2 aromatic heterocycles. The average molecular weight is 436 g/mol. The van der Waals surface area contributed by atoms with Crippen LogP contribution in [0, 0.1) is 0 Å². The normalized spacial score (nSPS) is 15.0. The van der Waals surface area contributed by atoms with Crippen LogP contribution in [0.5, 0.6) is 5.75 Å². The minimum Gasteiger partial charge on any atom is -0.487 e. The SMILES string of the molecule is O=S(=O)(c1ccc(-n2cccn2)cc1)N1CC(n2cc(COc3ccccc3)nn2)C1. The number of ether oxygens (including phenoxy) is 1. The first kappa shape index (κ1) is 19.5. The van der Waals surface area contributed by atoms with Crippen LogP contribution >= 0.6 is 0 Å². The molecule has 3 heterocycles. The average Bonchev–Trinajstić information content (AvgIpc) is 3.45. The van der Waals surface area contributed by atoms with E-state index in [-0.39, 0.29) is 10.9 Å². The van der Waals surface area contributed by atoms with Crippen LogP contribution in [0.25, 0.3) is 5.69 Å². The quantitative estimate of drug-likeness (QED) is 0.441. The number of aromatic nitrogens is 5. The van der Waals surface area contributed by atoms with Gasteiger partial charge in [-0.15, -0.1) is 5.10 Å². The van der Waals surface area contributed by atoms with Crippen LogP contribution in [-0.2, 0) is 16.6 Å². The van der Waals surface area contributed by atoms with Crippen LogP contribution in [0.3, 0.4) is 0 Å². The first-order valence-corrected chi connectivity index (χ1v) is 11.2. The molecule has 1 aliphatic rings. The number of benzene rings is 2. The minimum absolute atomic E-state index is 0.0453. The lowest BCUT2D eigenvalue weighted by atomic mass is 10.2.